The molecule has 1 aromatic rings. The molecule has 0 fully saturated rings. The van der Waals surface area contributed by atoms with E-state index in [0.717, 1.165) is 0 Å². The van der Waals surface area contributed by atoms with E-state index in [4.69, 9.17) is 10.8 Å². The maximum absolute atomic E-state index is 11.7. The molecule has 1 rings (SSSR count). The molecule has 0 aliphatic heterocycles. The molecule has 1 aromatic heterocycles. The van der Waals surface area contributed by atoms with Crippen LogP contribution in [0.4, 0.5) is 0 Å². The predicted octanol–water partition coefficient (Wildman–Crippen LogP) is -0.353. The molecule has 1 heterocycles. The van der Waals surface area contributed by atoms with Gasteiger partial charge in [0.2, 0.25) is 5.91 Å². The number of nitrogens with two attached hydrogens (primary N) is 1. The van der Waals surface area contributed by atoms with E-state index in [1.54, 1.807) is 24.9 Å². The van der Waals surface area contributed by atoms with E-state index in [0.29, 0.717) is 18.5 Å². The average Bonchev–Trinajstić information content (AvgIpc) is 2.74. The fraction of sp³-hybridized carbons (Fsp3) is 0.545. The van der Waals surface area contributed by atoms with Crippen molar-refractivity contribution in [3.63, 3.8) is 0 Å². The lowest BCUT2D eigenvalue weighted by Crippen LogP contribution is -2.35. The quantitative estimate of drug-likeness (QED) is 0.642. The summed E-state index contributed by atoms with van der Waals surface area (Å²) in [5, 5.41) is 15.2. The number of rotatable bonds is 6. The lowest BCUT2D eigenvalue weighted by Gasteiger charge is -2.11. The van der Waals surface area contributed by atoms with Crippen molar-refractivity contribution in [2.24, 2.45) is 18.7 Å². The Morgan fingerprint density at radius 3 is 2.78 bits per heavy atom. The number of hydrogen-bond acceptors (Lipinski definition) is 4. The molecule has 0 aromatic carbocycles. The van der Waals surface area contributed by atoms with Crippen molar-refractivity contribution in [2.45, 2.75) is 19.4 Å². The predicted molar refractivity (Wildman–Crippen MR) is 64.6 cm³/mol. The lowest BCUT2D eigenvalue weighted by atomic mass is 10.1. The van der Waals surface area contributed by atoms with E-state index in [-0.39, 0.29) is 5.91 Å². The van der Waals surface area contributed by atoms with Gasteiger partial charge in [-0.1, -0.05) is 6.92 Å². The van der Waals surface area contributed by atoms with Gasteiger partial charge in [0.25, 0.3) is 0 Å². The fourth-order valence-electron chi connectivity index (χ4n) is 1.40. The van der Waals surface area contributed by atoms with Crippen molar-refractivity contribution in [1.82, 2.24) is 15.1 Å². The summed E-state index contributed by atoms with van der Waals surface area (Å²) in [4.78, 5) is 22.3. The highest BCUT2D eigenvalue weighted by atomic mass is 16.4. The molecule has 2 atom stereocenters. The number of nitrogens with one attached hydrogen (secondary N) is 1. The number of aryl methyl sites for hydroxylation is 1. The SMILES string of the molecule is CC(CCNC(=O)C(N)c1cnn(C)c1)C(=O)O. The van der Waals surface area contributed by atoms with Gasteiger partial charge in [-0.2, -0.15) is 5.10 Å². The first-order chi connectivity index (χ1) is 8.41. The van der Waals surface area contributed by atoms with Gasteiger partial charge in [-0.3, -0.25) is 14.3 Å². The maximum Gasteiger partial charge on any atom is 0.306 e. The number of carboxylic acids is 1. The highest BCUT2D eigenvalue weighted by Crippen LogP contribution is 2.08. The second-order valence-electron chi connectivity index (χ2n) is 4.24. The van der Waals surface area contributed by atoms with Gasteiger partial charge >= 0.3 is 5.97 Å². The number of aliphatic carboxylic acids is 1. The minimum absolute atomic E-state index is 0.292. The van der Waals surface area contributed by atoms with Crippen LogP contribution in [0.3, 0.4) is 0 Å². The number of hydrogen-bond donors (Lipinski definition) is 3. The maximum atomic E-state index is 11.7. The Kier molecular flexibility index (Phi) is 4.85. The molecule has 7 nitrogen and oxygen atoms in total. The summed E-state index contributed by atoms with van der Waals surface area (Å²) in [7, 11) is 1.74. The van der Waals surface area contributed by atoms with Crippen LogP contribution in [-0.2, 0) is 16.6 Å². The molecule has 0 aliphatic rings. The van der Waals surface area contributed by atoms with Crippen molar-refractivity contribution in [1.29, 1.82) is 0 Å². The molecular formula is C11H18N4O3. The Morgan fingerprint density at radius 2 is 2.28 bits per heavy atom. The summed E-state index contributed by atoms with van der Waals surface area (Å²) in [5.41, 5.74) is 6.37. The second-order valence-corrected chi connectivity index (χ2v) is 4.24. The molecule has 4 N–H and O–H groups in total. The average molecular weight is 254 g/mol. The molecule has 2 unspecified atom stereocenters. The molecule has 7 heteroatoms. The molecule has 1 amide bonds. The van der Waals surface area contributed by atoms with Crippen LogP contribution in [0.2, 0.25) is 0 Å². The third-order valence-electron chi connectivity index (χ3n) is 2.66. The number of nitrogens with zero attached hydrogens (tertiary/aromatic N) is 2. The fourth-order valence-corrected chi connectivity index (χ4v) is 1.40. The van der Waals surface area contributed by atoms with Crippen LogP contribution in [0.1, 0.15) is 24.9 Å². The van der Waals surface area contributed by atoms with E-state index in [1.807, 2.05) is 0 Å². The summed E-state index contributed by atoms with van der Waals surface area (Å²) in [6, 6.07) is -0.779. The van der Waals surface area contributed by atoms with Crippen LogP contribution in [-0.4, -0.2) is 33.3 Å². The van der Waals surface area contributed by atoms with E-state index in [2.05, 4.69) is 10.4 Å². The number of carbonyl (C=O) groups is 2. The van der Waals surface area contributed by atoms with Gasteiger partial charge in [0.1, 0.15) is 6.04 Å². The molecule has 0 spiro atoms. The Hall–Kier alpha value is -1.89. The number of amides is 1. The van der Waals surface area contributed by atoms with Gasteiger partial charge in [-0.15, -0.1) is 0 Å². The summed E-state index contributed by atoms with van der Waals surface area (Å²) in [6.45, 7) is 1.88. The molecule has 0 radical (unpaired) electrons. The first-order valence-corrected chi connectivity index (χ1v) is 5.66. The van der Waals surface area contributed by atoms with Crippen LogP contribution in [0.25, 0.3) is 0 Å². The van der Waals surface area contributed by atoms with E-state index in [1.165, 1.54) is 6.20 Å². The van der Waals surface area contributed by atoms with Gasteiger partial charge in [-0.25, -0.2) is 0 Å². The Balaban J connectivity index is 2.39. The minimum Gasteiger partial charge on any atom is -0.481 e. The van der Waals surface area contributed by atoms with E-state index < -0.39 is 17.9 Å². The molecule has 0 bridgehead atoms. The number of carbonyl (C=O) groups excluding carboxylic acids is 1. The van der Waals surface area contributed by atoms with Crippen LogP contribution in [0.15, 0.2) is 12.4 Å². The van der Waals surface area contributed by atoms with Gasteiger partial charge in [-0.05, 0) is 6.42 Å². The van der Waals surface area contributed by atoms with Gasteiger partial charge in [0.15, 0.2) is 0 Å². The van der Waals surface area contributed by atoms with Crippen molar-refractivity contribution in [2.75, 3.05) is 6.54 Å². The standard InChI is InChI=1S/C11H18N4O3/c1-7(11(17)18)3-4-13-10(16)9(12)8-5-14-15(2)6-8/h5-7,9H,3-4,12H2,1-2H3,(H,13,16)(H,17,18). The van der Waals surface area contributed by atoms with E-state index in [9.17, 15) is 9.59 Å². The van der Waals surface area contributed by atoms with Gasteiger partial charge < -0.3 is 16.2 Å². The topological polar surface area (TPSA) is 110 Å². The first-order valence-electron chi connectivity index (χ1n) is 5.66. The monoisotopic (exact) mass is 254 g/mol. The van der Waals surface area contributed by atoms with Crippen LogP contribution < -0.4 is 11.1 Å². The Morgan fingerprint density at radius 1 is 1.61 bits per heavy atom. The summed E-state index contributed by atoms with van der Waals surface area (Å²) < 4.78 is 1.56. The smallest absolute Gasteiger partial charge is 0.306 e. The molecular weight excluding hydrogens is 236 g/mol. The van der Waals surface area contributed by atoms with Crippen molar-refractivity contribution in [3.8, 4) is 0 Å². The largest absolute Gasteiger partial charge is 0.481 e. The zero-order valence-electron chi connectivity index (χ0n) is 10.5. The number of carboxylic acid groups (broad SMARTS) is 1. The molecule has 0 saturated heterocycles. The Bertz CT molecular complexity index is 430. The highest BCUT2D eigenvalue weighted by molar-refractivity contribution is 5.82. The third kappa shape index (κ3) is 3.85. The molecule has 0 saturated carbocycles. The Labute approximate surface area is 105 Å². The van der Waals surface area contributed by atoms with Crippen LogP contribution >= 0.6 is 0 Å². The van der Waals surface area contributed by atoms with Crippen LogP contribution in [0, 0.1) is 5.92 Å². The van der Waals surface area contributed by atoms with Crippen molar-refractivity contribution in [3.05, 3.63) is 18.0 Å². The van der Waals surface area contributed by atoms with Gasteiger partial charge in [0, 0.05) is 25.4 Å². The third-order valence-corrected chi connectivity index (χ3v) is 2.66. The van der Waals surface area contributed by atoms with E-state index >= 15 is 0 Å². The molecule has 100 valence electrons. The summed E-state index contributed by atoms with van der Waals surface area (Å²) >= 11 is 0. The minimum atomic E-state index is -0.874. The summed E-state index contributed by atoms with van der Waals surface area (Å²) in [6.07, 6.45) is 3.58. The van der Waals surface area contributed by atoms with Gasteiger partial charge in [0.05, 0.1) is 12.1 Å². The summed E-state index contributed by atoms with van der Waals surface area (Å²) in [5.74, 6) is -1.69. The van der Waals surface area contributed by atoms with Crippen molar-refractivity contribution < 1.29 is 14.7 Å². The molecule has 18 heavy (non-hydrogen) atoms. The molecule has 0 aliphatic carbocycles. The number of aromatic nitrogens is 2. The van der Waals surface area contributed by atoms with Crippen LogP contribution in [0.5, 0.6) is 0 Å². The first kappa shape index (κ1) is 14.2. The van der Waals surface area contributed by atoms with Crippen molar-refractivity contribution >= 4 is 11.9 Å². The highest BCUT2D eigenvalue weighted by Gasteiger charge is 2.17. The lowest BCUT2D eigenvalue weighted by molar-refractivity contribution is -0.141. The normalized spacial score (nSPS) is 13.9. The zero-order valence-corrected chi connectivity index (χ0v) is 10.5. The second kappa shape index (κ2) is 6.15. The zero-order chi connectivity index (χ0) is 13.7.